The Morgan fingerprint density at radius 2 is 1.90 bits per heavy atom. The van der Waals surface area contributed by atoms with Crippen LogP contribution >= 0.6 is 12.6 Å². The maximum Gasteiger partial charge on any atom is 0.119 e. The predicted molar refractivity (Wildman–Crippen MR) is 43.1 cm³/mol. The van der Waals surface area contributed by atoms with Crippen LogP contribution in [0.25, 0.3) is 0 Å². The Bertz CT molecular complexity index is 162. The quantitative estimate of drug-likeness (QED) is 0.522. The molecule has 0 atom stereocenters. The number of unbranched alkanes of at least 4 members (excludes halogenated alkanes) is 1. The van der Waals surface area contributed by atoms with Crippen molar-refractivity contribution >= 4 is 12.6 Å². The standard InChI is InChI=1S/C6H11N3S/c10-4-2-1-3-9-5-7-8-6-9/h5-6,10H,1-4H2. The summed E-state index contributed by atoms with van der Waals surface area (Å²) in [4.78, 5) is 0. The Morgan fingerprint density at radius 3 is 2.50 bits per heavy atom. The van der Waals surface area contributed by atoms with E-state index in [2.05, 4.69) is 22.8 Å². The number of rotatable bonds is 4. The summed E-state index contributed by atoms with van der Waals surface area (Å²) in [5.74, 6) is 0.960. The predicted octanol–water partition coefficient (Wildman–Crippen LogP) is 0.988. The van der Waals surface area contributed by atoms with Gasteiger partial charge in [0.15, 0.2) is 0 Å². The van der Waals surface area contributed by atoms with Crippen molar-refractivity contribution in [2.75, 3.05) is 5.75 Å². The molecule has 0 saturated carbocycles. The highest BCUT2D eigenvalue weighted by Crippen LogP contribution is 1.94. The Kier molecular flexibility index (Phi) is 3.29. The molecule has 0 unspecified atom stereocenters. The van der Waals surface area contributed by atoms with Gasteiger partial charge in [0.05, 0.1) is 0 Å². The van der Waals surface area contributed by atoms with E-state index >= 15 is 0 Å². The zero-order valence-electron chi connectivity index (χ0n) is 5.77. The number of hydrogen-bond donors (Lipinski definition) is 1. The average Bonchev–Trinajstić information content (AvgIpc) is 2.41. The van der Waals surface area contributed by atoms with Crippen molar-refractivity contribution in [2.45, 2.75) is 19.4 Å². The van der Waals surface area contributed by atoms with Crippen LogP contribution in [0.1, 0.15) is 12.8 Å². The third kappa shape index (κ3) is 2.39. The van der Waals surface area contributed by atoms with E-state index < -0.39 is 0 Å². The summed E-state index contributed by atoms with van der Waals surface area (Å²) in [6.07, 6.45) is 5.78. The van der Waals surface area contributed by atoms with Crippen LogP contribution in [0.3, 0.4) is 0 Å². The third-order valence-corrected chi connectivity index (χ3v) is 1.61. The molecule has 0 amide bonds. The number of nitrogens with zero attached hydrogens (tertiary/aromatic N) is 3. The van der Waals surface area contributed by atoms with Gasteiger partial charge in [-0.25, -0.2) is 0 Å². The number of thiol groups is 1. The Balaban J connectivity index is 2.15. The summed E-state index contributed by atoms with van der Waals surface area (Å²) in [6, 6.07) is 0. The second-order valence-corrected chi connectivity index (χ2v) is 2.58. The molecule has 0 aromatic carbocycles. The summed E-state index contributed by atoms with van der Waals surface area (Å²) in [6.45, 7) is 1.01. The summed E-state index contributed by atoms with van der Waals surface area (Å²) < 4.78 is 1.98. The molecule has 56 valence electrons. The van der Waals surface area contributed by atoms with Gasteiger partial charge >= 0.3 is 0 Å². The van der Waals surface area contributed by atoms with E-state index in [-0.39, 0.29) is 0 Å². The highest BCUT2D eigenvalue weighted by atomic mass is 32.1. The summed E-state index contributed by atoms with van der Waals surface area (Å²) in [5.41, 5.74) is 0. The van der Waals surface area contributed by atoms with Crippen LogP contribution in [-0.2, 0) is 6.54 Å². The van der Waals surface area contributed by atoms with Gasteiger partial charge in [-0.2, -0.15) is 12.6 Å². The Morgan fingerprint density at radius 1 is 1.20 bits per heavy atom. The van der Waals surface area contributed by atoms with E-state index in [0.717, 1.165) is 25.1 Å². The maximum absolute atomic E-state index is 4.11. The maximum atomic E-state index is 4.11. The molecule has 0 aliphatic heterocycles. The number of aryl methyl sites for hydroxylation is 1. The van der Waals surface area contributed by atoms with Gasteiger partial charge in [-0.3, -0.25) is 0 Å². The first-order valence-corrected chi connectivity index (χ1v) is 4.00. The molecular weight excluding hydrogens is 146 g/mol. The molecule has 4 heteroatoms. The highest BCUT2D eigenvalue weighted by molar-refractivity contribution is 7.80. The monoisotopic (exact) mass is 157 g/mol. The van der Waals surface area contributed by atoms with Gasteiger partial charge in [-0.1, -0.05) is 0 Å². The molecule has 3 nitrogen and oxygen atoms in total. The van der Waals surface area contributed by atoms with E-state index in [1.165, 1.54) is 0 Å². The molecule has 0 spiro atoms. The van der Waals surface area contributed by atoms with Crippen LogP contribution < -0.4 is 0 Å². The van der Waals surface area contributed by atoms with Crippen LogP contribution in [0.5, 0.6) is 0 Å². The lowest BCUT2D eigenvalue weighted by Crippen LogP contribution is -1.94. The van der Waals surface area contributed by atoms with Crippen molar-refractivity contribution < 1.29 is 0 Å². The van der Waals surface area contributed by atoms with E-state index in [1.54, 1.807) is 12.7 Å². The second-order valence-electron chi connectivity index (χ2n) is 2.13. The molecule has 0 saturated heterocycles. The van der Waals surface area contributed by atoms with Gasteiger partial charge < -0.3 is 4.57 Å². The molecule has 0 bridgehead atoms. The van der Waals surface area contributed by atoms with Crippen LogP contribution in [0.2, 0.25) is 0 Å². The lowest BCUT2D eigenvalue weighted by Gasteiger charge is -1.97. The molecule has 0 radical (unpaired) electrons. The van der Waals surface area contributed by atoms with Gasteiger partial charge in [0.1, 0.15) is 12.7 Å². The molecule has 0 aliphatic rings. The molecule has 0 fully saturated rings. The normalized spacial score (nSPS) is 10.1. The Hall–Kier alpha value is -0.510. The van der Waals surface area contributed by atoms with E-state index in [0.29, 0.717) is 0 Å². The highest BCUT2D eigenvalue weighted by Gasteiger charge is 1.88. The fourth-order valence-corrected chi connectivity index (χ4v) is 0.967. The molecule has 1 aromatic rings. The number of hydrogen-bond acceptors (Lipinski definition) is 3. The first-order chi connectivity index (χ1) is 4.93. The van der Waals surface area contributed by atoms with Crippen molar-refractivity contribution in [3.63, 3.8) is 0 Å². The van der Waals surface area contributed by atoms with Gasteiger partial charge in [-0.15, -0.1) is 10.2 Å². The first-order valence-electron chi connectivity index (χ1n) is 3.37. The average molecular weight is 157 g/mol. The minimum absolute atomic E-state index is 0.960. The van der Waals surface area contributed by atoms with Crippen LogP contribution in [0, 0.1) is 0 Å². The molecule has 0 aliphatic carbocycles. The van der Waals surface area contributed by atoms with E-state index in [9.17, 15) is 0 Å². The van der Waals surface area contributed by atoms with Crippen molar-refractivity contribution in [2.24, 2.45) is 0 Å². The summed E-state index contributed by atoms with van der Waals surface area (Å²) >= 11 is 4.11. The molecule has 1 aromatic heterocycles. The Labute approximate surface area is 65.9 Å². The molecular formula is C6H11N3S. The molecule has 10 heavy (non-hydrogen) atoms. The van der Waals surface area contributed by atoms with Crippen LogP contribution in [-0.4, -0.2) is 20.5 Å². The van der Waals surface area contributed by atoms with Crippen LogP contribution in [0.4, 0.5) is 0 Å². The first kappa shape index (κ1) is 7.60. The SMILES string of the molecule is SCCCCn1cnnc1. The van der Waals surface area contributed by atoms with Gasteiger partial charge in [0.2, 0.25) is 0 Å². The largest absolute Gasteiger partial charge is 0.320 e. The summed E-state index contributed by atoms with van der Waals surface area (Å²) in [5, 5.41) is 7.39. The smallest absolute Gasteiger partial charge is 0.119 e. The molecule has 1 heterocycles. The van der Waals surface area contributed by atoms with E-state index in [1.807, 2.05) is 4.57 Å². The van der Waals surface area contributed by atoms with Gasteiger partial charge in [0.25, 0.3) is 0 Å². The topological polar surface area (TPSA) is 30.7 Å². The lowest BCUT2D eigenvalue weighted by atomic mass is 10.3. The minimum Gasteiger partial charge on any atom is -0.320 e. The van der Waals surface area contributed by atoms with E-state index in [4.69, 9.17) is 0 Å². The zero-order valence-corrected chi connectivity index (χ0v) is 6.67. The van der Waals surface area contributed by atoms with Crippen LogP contribution in [0.15, 0.2) is 12.7 Å². The third-order valence-electron chi connectivity index (χ3n) is 1.29. The lowest BCUT2D eigenvalue weighted by molar-refractivity contribution is 0.633. The van der Waals surface area contributed by atoms with Crippen molar-refractivity contribution in [3.05, 3.63) is 12.7 Å². The molecule has 0 N–H and O–H groups in total. The minimum atomic E-state index is 0.960. The second kappa shape index (κ2) is 4.33. The van der Waals surface area contributed by atoms with Gasteiger partial charge in [0, 0.05) is 6.54 Å². The van der Waals surface area contributed by atoms with Crippen molar-refractivity contribution in [3.8, 4) is 0 Å². The van der Waals surface area contributed by atoms with Gasteiger partial charge in [-0.05, 0) is 18.6 Å². The fourth-order valence-electron chi connectivity index (χ4n) is 0.744. The van der Waals surface area contributed by atoms with Crippen molar-refractivity contribution in [1.29, 1.82) is 0 Å². The summed E-state index contributed by atoms with van der Waals surface area (Å²) in [7, 11) is 0. The zero-order chi connectivity index (χ0) is 7.23. The molecule has 1 rings (SSSR count). The number of aromatic nitrogens is 3. The fraction of sp³-hybridized carbons (Fsp3) is 0.667. The van der Waals surface area contributed by atoms with Crippen molar-refractivity contribution in [1.82, 2.24) is 14.8 Å².